The summed E-state index contributed by atoms with van der Waals surface area (Å²) in [6, 6.07) is 3.72. The smallest absolute Gasteiger partial charge is 0.160 e. The van der Waals surface area contributed by atoms with Gasteiger partial charge >= 0.3 is 0 Å². The largest absolute Gasteiger partial charge is 0.383 e. The molecular formula is C11H15F2NO. The van der Waals surface area contributed by atoms with E-state index < -0.39 is 11.6 Å². The molecule has 0 fully saturated rings. The molecule has 0 aliphatic heterocycles. The van der Waals surface area contributed by atoms with Crippen LogP contribution in [-0.4, -0.2) is 19.3 Å². The van der Waals surface area contributed by atoms with E-state index in [1.54, 1.807) is 0 Å². The fourth-order valence-electron chi connectivity index (χ4n) is 1.10. The normalized spacial score (nSPS) is 10.7. The summed E-state index contributed by atoms with van der Waals surface area (Å²) >= 11 is 0. The van der Waals surface area contributed by atoms with Crippen LogP contribution in [0.4, 0.5) is 14.5 Å². The number of rotatable bonds is 5. The van der Waals surface area contributed by atoms with Crippen molar-refractivity contribution in [1.82, 2.24) is 0 Å². The van der Waals surface area contributed by atoms with Crippen molar-refractivity contribution < 1.29 is 13.5 Å². The van der Waals surface area contributed by atoms with E-state index in [-0.39, 0.29) is 6.10 Å². The van der Waals surface area contributed by atoms with E-state index in [0.717, 1.165) is 12.1 Å². The molecule has 0 aromatic heterocycles. The lowest BCUT2D eigenvalue weighted by atomic mass is 10.3. The van der Waals surface area contributed by atoms with Gasteiger partial charge in [0.05, 0.1) is 12.7 Å². The van der Waals surface area contributed by atoms with Crippen LogP contribution in [0.2, 0.25) is 0 Å². The predicted octanol–water partition coefficient (Wildman–Crippen LogP) is 2.80. The van der Waals surface area contributed by atoms with Gasteiger partial charge < -0.3 is 10.1 Å². The molecule has 0 radical (unpaired) electrons. The third-order valence-electron chi connectivity index (χ3n) is 1.80. The topological polar surface area (TPSA) is 21.3 Å². The Kier molecular flexibility index (Phi) is 4.49. The molecule has 0 atom stereocenters. The number of anilines is 1. The average Bonchev–Trinajstić information content (AvgIpc) is 2.18. The summed E-state index contributed by atoms with van der Waals surface area (Å²) < 4.78 is 30.6. The van der Waals surface area contributed by atoms with E-state index in [0.29, 0.717) is 18.8 Å². The van der Waals surface area contributed by atoms with Crippen molar-refractivity contribution in [2.45, 2.75) is 20.0 Å². The Hall–Kier alpha value is -1.16. The van der Waals surface area contributed by atoms with Crippen molar-refractivity contribution in [3.8, 4) is 0 Å². The minimum atomic E-state index is -0.843. The molecule has 4 heteroatoms. The molecule has 84 valence electrons. The zero-order valence-corrected chi connectivity index (χ0v) is 8.89. The zero-order valence-electron chi connectivity index (χ0n) is 8.89. The van der Waals surface area contributed by atoms with Crippen LogP contribution in [0.1, 0.15) is 13.8 Å². The summed E-state index contributed by atoms with van der Waals surface area (Å²) in [5, 5.41) is 2.94. The average molecular weight is 215 g/mol. The van der Waals surface area contributed by atoms with Gasteiger partial charge in [0, 0.05) is 18.3 Å². The Morgan fingerprint density at radius 3 is 2.60 bits per heavy atom. The SMILES string of the molecule is CC(C)OCCNc1ccc(F)c(F)c1. The van der Waals surface area contributed by atoms with Crippen LogP contribution < -0.4 is 5.32 Å². The van der Waals surface area contributed by atoms with Crippen molar-refractivity contribution in [3.05, 3.63) is 29.8 Å². The summed E-state index contributed by atoms with van der Waals surface area (Å²) in [7, 11) is 0. The summed E-state index contributed by atoms with van der Waals surface area (Å²) in [5.41, 5.74) is 0.557. The molecule has 0 spiro atoms. The van der Waals surface area contributed by atoms with Crippen LogP contribution in [0, 0.1) is 11.6 Å². The van der Waals surface area contributed by atoms with E-state index in [1.807, 2.05) is 13.8 Å². The second-order valence-corrected chi connectivity index (χ2v) is 3.48. The third kappa shape index (κ3) is 4.25. The zero-order chi connectivity index (χ0) is 11.3. The van der Waals surface area contributed by atoms with E-state index in [2.05, 4.69) is 5.32 Å². The second kappa shape index (κ2) is 5.66. The lowest BCUT2D eigenvalue weighted by Gasteiger charge is -2.09. The Labute approximate surface area is 88.3 Å². The maximum Gasteiger partial charge on any atom is 0.160 e. The highest BCUT2D eigenvalue weighted by Gasteiger charge is 2.01. The van der Waals surface area contributed by atoms with E-state index in [4.69, 9.17) is 4.74 Å². The predicted molar refractivity (Wildman–Crippen MR) is 55.9 cm³/mol. The Balaban J connectivity index is 2.35. The number of halogens is 2. The van der Waals surface area contributed by atoms with Gasteiger partial charge in [-0.1, -0.05) is 0 Å². The minimum Gasteiger partial charge on any atom is -0.383 e. The highest BCUT2D eigenvalue weighted by molar-refractivity contribution is 5.43. The molecule has 0 saturated carbocycles. The molecule has 0 aliphatic carbocycles. The van der Waals surface area contributed by atoms with Crippen LogP contribution in [0.15, 0.2) is 18.2 Å². The van der Waals surface area contributed by atoms with Crippen molar-refractivity contribution in [2.75, 3.05) is 18.5 Å². The van der Waals surface area contributed by atoms with Crippen LogP contribution in [0.5, 0.6) is 0 Å². The first-order valence-electron chi connectivity index (χ1n) is 4.90. The lowest BCUT2D eigenvalue weighted by Crippen LogP contribution is -2.13. The van der Waals surface area contributed by atoms with Gasteiger partial charge in [0.1, 0.15) is 0 Å². The first kappa shape index (κ1) is 11.9. The maximum atomic E-state index is 12.8. The molecular weight excluding hydrogens is 200 g/mol. The first-order chi connectivity index (χ1) is 7.09. The Morgan fingerprint density at radius 1 is 1.27 bits per heavy atom. The fourth-order valence-corrected chi connectivity index (χ4v) is 1.10. The maximum absolute atomic E-state index is 12.8. The third-order valence-corrected chi connectivity index (χ3v) is 1.80. The molecule has 0 saturated heterocycles. The van der Waals surface area contributed by atoms with Gasteiger partial charge in [-0.15, -0.1) is 0 Å². The number of benzene rings is 1. The lowest BCUT2D eigenvalue weighted by molar-refractivity contribution is 0.0870. The Bertz CT molecular complexity index is 315. The van der Waals surface area contributed by atoms with Gasteiger partial charge in [-0.05, 0) is 26.0 Å². The standard InChI is InChI=1S/C11H15F2NO/c1-8(2)15-6-5-14-9-3-4-10(12)11(13)7-9/h3-4,7-8,14H,5-6H2,1-2H3. The highest BCUT2D eigenvalue weighted by Crippen LogP contribution is 2.12. The molecule has 1 aromatic carbocycles. The highest BCUT2D eigenvalue weighted by atomic mass is 19.2. The second-order valence-electron chi connectivity index (χ2n) is 3.48. The van der Waals surface area contributed by atoms with E-state index in [9.17, 15) is 8.78 Å². The van der Waals surface area contributed by atoms with Crippen LogP contribution in [-0.2, 0) is 4.74 Å². The molecule has 1 rings (SSSR count). The monoisotopic (exact) mass is 215 g/mol. The van der Waals surface area contributed by atoms with Crippen molar-refractivity contribution in [2.24, 2.45) is 0 Å². The first-order valence-corrected chi connectivity index (χ1v) is 4.90. The molecule has 2 nitrogen and oxygen atoms in total. The summed E-state index contributed by atoms with van der Waals surface area (Å²) in [5.74, 6) is -1.68. The van der Waals surface area contributed by atoms with Crippen LogP contribution >= 0.6 is 0 Å². The molecule has 0 amide bonds. The Morgan fingerprint density at radius 2 is 2.00 bits per heavy atom. The number of nitrogens with one attached hydrogen (secondary N) is 1. The van der Waals surface area contributed by atoms with Crippen molar-refractivity contribution in [3.63, 3.8) is 0 Å². The van der Waals surface area contributed by atoms with Gasteiger partial charge in [-0.3, -0.25) is 0 Å². The number of hydrogen-bond acceptors (Lipinski definition) is 2. The molecule has 0 aliphatic rings. The molecule has 0 unspecified atom stereocenters. The van der Waals surface area contributed by atoms with Crippen LogP contribution in [0.25, 0.3) is 0 Å². The molecule has 1 aromatic rings. The molecule has 15 heavy (non-hydrogen) atoms. The van der Waals surface area contributed by atoms with Gasteiger partial charge in [-0.2, -0.15) is 0 Å². The summed E-state index contributed by atoms with van der Waals surface area (Å²) in [6.45, 7) is 5.00. The van der Waals surface area contributed by atoms with E-state index >= 15 is 0 Å². The van der Waals surface area contributed by atoms with Crippen molar-refractivity contribution >= 4 is 5.69 Å². The summed E-state index contributed by atoms with van der Waals surface area (Å²) in [6.07, 6.45) is 0.178. The fraction of sp³-hybridized carbons (Fsp3) is 0.455. The van der Waals surface area contributed by atoms with Gasteiger partial charge in [0.2, 0.25) is 0 Å². The number of hydrogen-bond donors (Lipinski definition) is 1. The van der Waals surface area contributed by atoms with Gasteiger partial charge in [0.15, 0.2) is 11.6 Å². The molecule has 0 bridgehead atoms. The van der Waals surface area contributed by atoms with E-state index in [1.165, 1.54) is 6.07 Å². The quantitative estimate of drug-likeness (QED) is 0.762. The minimum absolute atomic E-state index is 0.178. The van der Waals surface area contributed by atoms with Crippen LogP contribution in [0.3, 0.4) is 0 Å². The van der Waals surface area contributed by atoms with Gasteiger partial charge in [-0.25, -0.2) is 8.78 Å². The molecule has 1 N–H and O–H groups in total. The van der Waals surface area contributed by atoms with Crippen molar-refractivity contribution in [1.29, 1.82) is 0 Å². The molecule has 0 heterocycles. The van der Waals surface area contributed by atoms with Gasteiger partial charge in [0.25, 0.3) is 0 Å². The number of ether oxygens (including phenoxy) is 1. The summed E-state index contributed by atoms with van der Waals surface area (Å²) in [4.78, 5) is 0.